The van der Waals surface area contributed by atoms with Gasteiger partial charge < -0.3 is 15.4 Å². The molecular formula is C23H26N4O3S2. The van der Waals surface area contributed by atoms with Crippen LogP contribution in [0.5, 0.6) is 0 Å². The lowest BCUT2D eigenvalue weighted by Crippen LogP contribution is -2.39. The van der Waals surface area contributed by atoms with Crippen LogP contribution in [0.25, 0.3) is 16.6 Å². The highest BCUT2D eigenvalue weighted by atomic mass is 33.1. The highest BCUT2D eigenvalue weighted by molar-refractivity contribution is 8.76. The van der Waals surface area contributed by atoms with Crippen molar-refractivity contribution in [2.24, 2.45) is 5.73 Å². The maximum absolute atomic E-state index is 12.4. The van der Waals surface area contributed by atoms with Crippen LogP contribution in [0.3, 0.4) is 0 Å². The molecule has 2 N–H and O–H groups in total. The van der Waals surface area contributed by atoms with Crippen LogP contribution in [0.15, 0.2) is 48.7 Å². The zero-order chi connectivity index (χ0) is 22.5. The summed E-state index contributed by atoms with van der Waals surface area (Å²) >= 11 is 0. The lowest BCUT2D eigenvalue weighted by molar-refractivity contribution is 0.0965. The molecule has 0 unspecified atom stereocenters. The van der Waals surface area contributed by atoms with Crippen LogP contribution in [0.4, 0.5) is 4.79 Å². The van der Waals surface area contributed by atoms with E-state index in [1.807, 2.05) is 35.6 Å². The van der Waals surface area contributed by atoms with E-state index in [4.69, 9.17) is 10.5 Å². The molecule has 0 spiro atoms. The zero-order valence-corrected chi connectivity index (χ0v) is 19.5. The van der Waals surface area contributed by atoms with E-state index in [2.05, 4.69) is 17.2 Å². The molecule has 4 rings (SSSR count). The number of hydrogen-bond donors (Lipinski definition) is 1. The van der Waals surface area contributed by atoms with E-state index < -0.39 is 5.91 Å². The summed E-state index contributed by atoms with van der Waals surface area (Å²) < 4.78 is 7.17. The molecule has 0 saturated carbocycles. The Hall–Kier alpha value is -2.65. The largest absolute Gasteiger partial charge is 0.449 e. The molecular weight excluding hydrogens is 444 g/mol. The fourth-order valence-electron chi connectivity index (χ4n) is 4.03. The molecule has 2 amide bonds. The van der Waals surface area contributed by atoms with Crippen molar-refractivity contribution in [2.75, 3.05) is 31.7 Å². The van der Waals surface area contributed by atoms with Crippen molar-refractivity contribution in [3.63, 3.8) is 0 Å². The van der Waals surface area contributed by atoms with Crippen molar-refractivity contribution < 1.29 is 14.3 Å². The second-order valence-electron chi connectivity index (χ2n) is 7.66. The number of piperidine rings is 1. The molecule has 1 fully saturated rings. The van der Waals surface area contributed by atoms with Gasteiger partial charge >= 0.3 is 6.09 Å². The first-order valence-corrected chi connectivity index (χ1v) is 13.3. The van der Waals surface area contributed by atoms with E-state index in [-0.39, 0.29) is 12.0 Å². The third-order valence-electron chi connectivity index (χ3n) is 5.62. The first-order valence-electron chi connectivity index (χ1n) is 10.5. The first-order chi connectivity index (χ1) is 15.6. The summed E-state index contributed by atoms with van der Waals surface area (Å²) in [4.78, 5) is 25.9. The van der Waals surface area contributed by atoms with Crippen LogP contribution in [-0.2, 0) is 4.74 Å². The monoisotopic (exact) mass is 470 g/mol. The van der Waals surface area contributed by atoms with Crippen LogP contribution in [-0.4, -0.2) is 58.4 Å². The summed E-state index contributed by atoms with van der Waals surface area (Å²) in [5.41, 5.74) is 8.59. The van der Waals surface area contributed by atoms with E-state index in [1.54, 1.807) is 38.4 Å². The Balaban J connectivity index is 1.44. The number of nitrogens with two attached hydrogens (primary N) is 1. The standard InChI is InChI=1S/C23H26N4O3S2/c1-31-32-13-12-30-23(29)26-11-3-5-17(14-26)16-7-9-19(10-8-16)27-15-18-4-2-6-20(22(24)28)21(18)25-27/h2,4,6-10,15,17H,3,5,11-14H2,1H3,(H2,24,28)/t17-/m1/s1. The number of aromatic nitrogens is 2. The van der Waals surface area contributed by atoms with Gasteiger partial charge in [-0.3, -0.25) is 4.79 Å². The van der Waals surface area contributed by atoms with Crippen LogP contribution < -0.4 is 5.73 Å². The number of primary amides is 1. The number of amides is 2. The molecule has 7 nitrogen and oxygen atoms in total. The Morgan fingerprint density at radius 1 is 1.22 bits per heavy atom. The lowest BCUT2D eigenvalue weighted by atomic mass is 9.91. The molecule has 0 radical (unpaired) electrons. The number of rotatable bonds is 7. The van der Waals surface area contributed by atoms with Crippen LogP contribution in [0, 0.1) is 0 Å². The van der Waals surface area contributed by atoms with Gasteiger partial charge in [-0.2, -0.15) is 5.10 Å². The summed E-state index contributed by atoms with van der Waals surface area (Å²) in [6.45, 7) is 1.85. The highest BCUT2D eigenvalue weighted by Gasteiger charge is 2.25. The number of hydrogen-bond acceptors (Lipinski definition) is 6. The van der Waals surface area contributed by atoms with Crippen LogP contribution in [0.2, 0.25) is 0 Å². The number of carbonyl (C=O) groups is 2. The molecule has 0 aliphatic carbocycles. The minimum atomic E-state index is -0.486. The molecule has 1 aliphatic rings. The molecule has 1 atom stereocenters. The van der Waals surface area contributed by atoms with E-state index in [0.29, 0.717) is 24.2 Å². The summed E-state index contributed by atoms with van der Waals surface area (Å²) in [7, 11) is 3.36. The van der Waals surface area contributed by atoms with Gasteiger partial charge in [0, 0.05) is 36.3 Å². The Morgan fingerprint density at radius 3 is 2.78 bits per heavy atom. The molecule has 3 aromatic rings. The third kappa shape index (κ3) is 5.05. The van der Waals surface area contributed by atoms with Gasteiger partial charge in [-0.25, -0.2) is 9.48 Å². The number of benzene rings is 2. The molecule has 1 aliphatic heterocycles. The molecule has 1 saturated heterocycles. The third-order valence-corrected chi connectivity index (χ3v) is 7.40. The summed E-state index contributed by atoms with van der Waals surface area (Å²) in [5, 5.41) is 5.43. The van der Waals surface area contributed by atoms with Crippen molar-refractivity contribution >= 4 is 44.5 Å². The van der Waals surface area contributed by atoms with Crippen LogP contribution >= 0.6 is 21.6 Å². The van der Waals surface area contributed by atoms with Gasteiger partial charge in [0.2, 0.25) is 0 Å². The van der Waals surface area contributed by atoms with Crippen molar-refractivity contribution in [1.29, 1.82) is 0 Å². The Morgan fingerprint density at radius 2 is 2.03 bits per heavy atom. The lowest BCUT2D eigenvalue weighted by Gasteiger charge is -2.32. The predicted molar refractivity (Wildman–Crippen MR) is 130 cm³/mol. The van der Waals surface area contributed by atoms with Gasteiger partial charge in [0.25, 0.3) is 5.91 Å². The molecule has 1 aromatic heterocycles. The molecule has 0 bridgehead atoms. The van der Waals surface area contributed by atoms with Crippen molar-refractivity contribution in [3.05, 3.63) is 59.8 Å². The van der Waals surface area contributed by atoms with Crippen molar-refractivity contribution in [1.82, 2.24) is 14.7 Å². The van der Waals surface area contributed by atoms with E-state index in [9.17, 15) is 9.59 Å². The SMILES string of the molecule is CSSCCOC(=O)N1CCC[C@@H](c2ccc(-n3cc4cccc(C(N)=O)c4n3)cc2)C1. The van der Waals surface area contributed by atoms with E-state index in [1.165, 1.54) is 5.56 Å². The van der Waals surface area contributed by atoms with Gasteiger partial charge in [0.15, 0.2) is 0 Å². The average molecular weight is 471 g/mol. The number of likely N-dealkylation sites (tertiary alicyclic amines) is 1. The van der Waals surface area contributed by atoms with Gasteiger partial charge in [-0.15, -0.1) is 0 Å². The fourth-order valence-corrected chi connectivity index (χ4v) is 5.05. The predicted octanol–water partition coefficient (Wildman–Crippen LogP) is 4.45. The topological polar surface area (TPSA) is 90.5 Å². The van der Waals surface area contributed by atoms with Gasteiger partial charge in [0.1, 0.15) is 12.1 Å². The van der Waals surface area contributed by atoms with Gasteiger partial charge in [-0.05, 0) is 42.9 Å². The smallest absolute Gasteiger partial charge is 0.409 e. The molecule has 32 heavy (non-hydrogen) atoms. The molecule has 2 aromatic carbocycles. The normalized spacial score (nSPS) is 16.3. The number of fused-ring (bicyclic) bond motifs is 1. The maximum Gasteiger partial charge on any atom is 0.409 e. The second kappa shape index (κ2) is 10.3. The molecule has 2 heterocycles. The number of ether oxygens (including phenoxy) is 1. The minimum absolute atomic E-state index is 0.221. The summed E-state index contributed by atoms with van der Waals surface area (Å²) in [6, 6.07) is 13.6. The minimum Gasteiger partial charge on any atom is -0.449 e. The van der Waals surface area contributed by atoms with Gasteiger partial charge in [-0.1, -0.05) is 45.9 Å². The maximum atomic E-state index is 12.4. The quantitative estimate of drug-likeness (QED) is 0.405. The van der Waals surface area contributed by atoms with Crippen molar-refractivity contribution in [2.45, 2.75) is 18.8 Å². The molecule has 9 heteroatoms. The Bertz CT molecular complexity index is 1100. The average Bonchev–Trinajstić information content (AvgIpc) is 3.26. The number of carbonyl (C=O) groups excluding carboxylic acids is 2. The van der Waals surface area contributed by atoms with Crippen LogP contribution in [0.1, 0.15) is 34.7 Å². The van der Waals surface area contributed by atoms with Gasteiger partial charge in [0.05, 0.1) is 11.3 Å². The van der Waals surface area contributed by atoms with E-state index in [0.717, 1.165) is 36.2 Å². The van der Waals surface area contributed by atoms with E-state index >= 15 is 0 Å². The van der Waals surface area contributed by atoms with Crippen molar-refractivity contribution in [3.8, 4) is 5.69 Å². The fraction of sp³-hybridized carbons (Fsp3) is 0.348. The Kier molecular flexibility index (Phi) is 7.26. The second-order valence-corrected chi connectivity index (χ2v) is 10.3. The number of nitrogens with zero attached hydrogens (tertiary/aromatic N) is 3. The summed E-state index contributed by atoms with van der Waals surface area (Å²) in [6.07, 6.45) is 5.69. The molecule has 168 valence electrons. The Labute approximate surface area is 195 Å². The zero-order valence-electron chi connectivity index (χ0n) is 17.9. The highest BCUT2D eigenvalue weighted by Crippen LogP contribution is 2.28. The first kappa shape index (κ1) is 22.5. The summed E-state index contributed by atoms with van der Waals surface area (Å²) in [5.74, 6) is 0.596.